The topological polar surface area (TPSA) is 116 Å². The Labute approximate surface area is 191 Å². The molecule has 0 unspecified atom stereocenters. The van der Waals surface area contributed by atoms with Crippen molar-refractivity contribution in [3.8, 4) is 5.75 Å². The Kier molecular flexibility index (Phi) is 5.06. The first kappa shape index (κ1) is 21.9. The highest BCUT2D eigenvalue weighted by molar-refractivity contribution is 6.04. The quantitative estimate of drug-likeness (QED) is 0.599. The van der Waals surface area contributed by atoms with E-state index in [1.165, 1.54) is 11.2 Å². The lowest BCUT2D eigenvalue weighted by Gasteiger charge is -2.60. The number of ether oxygens (including phenoxy) is 1. The number of fused-ring (bicyclic) bond motifs is 1. The minimum Gasteiger partial charge on any atom is -0.406 e. The van der Waals surface area contributed by atoms with E-state index in [9.17, 15) is 22.8 Å². The summed E-state index contributed by atoms with van der Waals surface area (Å²) in [6.45, 7) is 1.15. The number of halogens is 3. The number of anilines is 1. The number of hydrogen-bond acceptors (Lipinski definition) is 6. The molecule has 5 rings (SSSR count). The van der Waals surface area contributed by atoms with Crippen LogP contribution < -0.4 is 10.1 Å². The summed E-state index contributed by atoms with van der Waals surface area (Å²) in [6.07, 6.45) is 0.782. The molecule has 3 aromatic heterocycles. The molecule has 1 saturated carbocycles. The van der Waals surface area contributed by atoms with Gasteiger partial charge in [-0.25, -0.2) is 19.7 Å². The smallest absolute Gasteiger partial charge is 0.406 e. The summed E-state index contributed by atoms with van der Waals surface area (Å²) in [7, 11) is 1.62. The molecule has 2 fully saturated rings. The fourth-order valence-electron chi connectivity index (χ4n) is 4.61. The number of amides is 3. The fraction of sp³-hybridized carbons (Fsp3) is 0.381. The van der Waals surface area contributed by atoms with Gasteiger partial charge in [0.15, 0.2) is 0 Å². The first-order chi connectivity index (χ1) is 16.1. The molecule has 0 atom stereocenters. The van der Waals surface area contributed by atoms with Crippen molar-refractivity contribution < 1.29 is 27.5 Å². The SMILES string of the molecule is CN(C(=O)Nc1cc(OC(F)(F)F)ccn1)C1CC2(C1)CN(C(=O)c1ncnc3[nH]ccc13)C2. The molecule has 1 aliphatic heterocycles. The van der Waals surface area contributed by atoms with Gasteiger partial charge in [-0.3, -0.25) is 10.1 Å². The predicted molar refractivity (Wildman–Crippen MR) is 113 cm³/mol. The first-order valence-electron chi connectivity index (χ1n) is 10.5. The van der Waals surface area contributed by atoms with Gasteiger partial charge in [0.05, 0.1) is 5.39 Å². The molecule has 178 valence electrons. The number of pyridine rings is 1. The normalized spacial score (nSPS) is 17.2. The minimum absolute atomic E-state index is 0.0438. The highest BCUT2D eigenvalue weighted by Crippen LogP contribution is 2.50. The Morgan fingerprint density at radius 2 is 2.00 bits per heavy atom. The van der Waals surface area contributed by atoms with Crippen LogP contribution in [-0.4, -0.2) is 74.2 Å². The minimum atomic E-state index is -4.83. The number of nitrogens with one attached hydrogen (secondary N) is 2. The van der Waals surface area contributed by atoms with E-state index in [-0.39, 0.29) is 23.2 Å². The number of hydrogen-bond donors (Lipinski definition) is 2. The predicted octanol–water partition coefficient (Wildman–Crippen LogP) is 3.02. The molecule has 34 heavy (non-hydrogen) atoms. The van der Waals surface area contributed by atoms with Crippen LogP contribution in [0.5, 0.6) is 5.75 Å². The van der Waals surface area contributed by atoms with Crippen LogP contribution in [-0.2, 0) is 0 Å². The average molecular weight is 475 g/mol. The molecule has 10 nitrogen and oxygen atoms in total. The van der Waals surface area contributed by atoms with Gasteiger partial charge >= 0.3 is 12.4 Å². The summed E-state index contributed by atoms with van der Waals surface area (Å²) in [6, 6.07) is 3.28. The van der Waals surface area contributed by atoms with E-state index in [1.807, 2.05) is 0 Å². The van der Waals surface area contributed by atoms with E-state index in [4.69, 9.17) is 0 Å². The van der Waals surface area contributed by atoms with Crippen LogP contribution in [0.25, 0.3) is 11.0 Å². The van der Waals surface area contributed by atoms with Crippen molar-refractivity contribution in [2.75, 3.05) is 25.5 Å². The van der Waals surface area contributed by atoms with Crippen molar-refractivity contribution in [2.45, 2.75) is 25.2 Å². The van der Waals surface area contributed by atoms with E-state index in [0.717, 1.165) is 18.3 Å². The third-order valence-corrected chi connectivity index (χ3v) is 6.30. The molecule has 1 saturated heterocycles. The maximum absolute atomic E-state index is 12.9. The highest BCUT2D eigenvalue weighted by atomic mass is 19.4. The second-order valence-corrected chi connectivity index (χ2v) is 8.65. The second-order valence-electron chi connectivity index (χ2n) is 8.65. The fourth-order valence-corrected chi connectivity index (χ4v) is 4.61. The molecule has 1 spiro atoms. The molecule has 4 heterocycles. The Morgan fingerprint density at radius 1 is 1.24 bits per heavy atom. The molecule has 3 aromatic rings. The van der Waals surface area contributed by atoms with Crippen molar-refractivity contribution in [1.29, 1.82) is 0 Å². The number of urea groups is 1. The number of aromatic amines is 1. The van der Waals surface area contributed by atoms with Gasteiger partial charge in [-0.05, 0) is 25.0 Å². The summed E-state index contributed by atoms with van der Waals surface area (Å²) in [5, 5.41) is 3.17. The Balaban J connectivity index is 1.14. The van der Waals surface area contributed by atoms with Crippen LogP contribution in [0.3, 0.4) is 0 Å². The number of rotatable bonds is 4. The number of nitrogens with zero attached hydrogens (tertiary/aromatic N) is 5. The molecular formula is C21H20F3N7O3. The zero-order valence-electron chi connectivity index (χ0n) is 18.0. The van der Waals surface area contributed by atoms with Gasteiger partial charge in [0.1, 0.15) is 29.2 Å². The molecule has 2 N–H and O–H groups in total. The van der Waals surface area contributed by atoms with Crippen molar-refractivity contribution >= 4 is 28.8 Å². The third-order valence-electron chi connectivity index (χ3n) is 6.30. The summed E-state index contributed by atoms with van der Waals surface area (Å²) in [5.41, 5.74) is 0.922. The number of carbonyl (C=O) groups is 2. The highest BCUT2D eigenvalue weighted by Gasteiger charge is 2.55. The standard InChI is InChI=1S/C21H20F3N7O3/c1-30(19(33)29-15-6-13(2-4-25-15)34-21(22,23)24)12-7-20(8-12)9-31(10-20)18(32)16-14-3-5-26-17(14)28-11-27-16/h2-6,11-12H,7-10H2,1H3,(H,25,29,33)(H,26,27,28). The van der Waals surface area contributed by atoms with Gasteiger partial charge in [-0.15, -0.1) is 13.2 Å². The molecule has 0 radical (unpaired) electrons. The Bertz CT molecular complexity index is 1250. The summed E-state index contributed by atoms with van der Waals surface area (Å²) in [4.78, 5) is 43.7. The van der Waals surface area contributed by atoms with Crippen molar-refractivity contribution in [2.24, 2.45) is 5.41 Å². The first-order valence-corrected chi connectivity index (χ1v) is 10.5. The monoisotopic (exact) mass is 475 g/mol. The van der Waals surface area contributed by atoms with Gasteiger partial charge in [-0.2, -0.15) is 0 Å². The van der Waals surface area contributed by atoms with Gasteiger partial charge in [-0.1, -0.05) is 0 Å². The van der Waals surface area contributed by atoms with Crippen LogP contribution in [0.1, 0.15) is 23.3 Å². The van der Waals surface area contributed by atoms with Crippen molar-refractivity contribution in [1.82, 2.24) is 29.7 Å². The van der Waals surface area contributed by atoms with Gasteiger partial charge in [0, 0.05) is 50.1 Å². The maximum atomic E-state index is 12.9. The lowest BCUT2D eigenvalue weighted by Crippen LogP contribution is -2.67. The van der Waals surface area contributed by atoms with E-state index in [1.54, 1.807) is 24.2 Å². The Morgan fingerprint density at radius 3 is 2.74 bits per heavy atom. The van der Waals surface area contributed by atoms with E-state index in [2.05, 4.69) is 30.0 Å². The molecule has 0 bridgehead atoms. The van der Waals surface area contributed by atoms with Gasteiger partial charge in [0.25, 0.3) is 5.91 Å². The number of alkyl halides is 3. The maximum Gasteiger partial charge on any atom is 0.573 e. The molecule has 0 aromatic carbocycles. The zero-order chi connectivity index (χ0) is 24.1. The summed E-state index contributed by atoms with van der Waals surface area (Å²) < 4.78 is 41.0. The van der Waals surface area contributed by atoms with E-state index in [0.29, 0.717) is 42.7 Å². The molecule has 1 aliphatic carbocycles. The molecule has 2 aliphatic rings. The summed E-state index contributed by atoms with van der Waals surface area (Å²) >= 11 is 0. The van der Waals surface area contributed by atoms with Gasteiger partial charge < -0.3 is 19.5 Å². The van der Waals surface area contributed by atoms with Crippen molar-refractivity contribution in [3.05, 3.63) is 42.6 Å². The van der Waals surface area contributed by atoms with Crippen LogP contribution in [0.2, 0.25) is 0 Å². The zero-order valence-corrected chi connectivity index (χ0v) is 18.0. The van der Waals surface area contributed by atoms with Crippen LogP contribution in [0.15, 0.2) is 36.9 Å². The Hall–Kier alpha value is -3.90. The van der Waals surface area contributed by atoms with Crippen LogP contribution in [0, 0.1) is 5.41 Å². The van der Waals surface area contributed by atoms with Crippen LogP contribution in [0.4, 0.5) is 23.8 Å². The lowest BCUT2D eigenvalue weighted by atomic mass is 9.60. The lowest BCUT2D eigenvalue weighted by molar-refractivity contribution is -0.274. The molecule has 13 heteroatoms. The number of likely N-dealkylation sites (tertiary alicyclic amines) is 1. The second kappa shape index (κ2) is 7.85. The largest absolute Gasteiger partial charge is 0.573 e. The average Bonchev–Trinajstić information content (AvgIpc) is 3.19. The van der Waals surface area contributed by atoms with E-state index < -0.39 is 18.1 Å². The number of carbonyl (C=O) groups excluding carboxylic acids is 2. The third kappa shape index (κ3) is 4.08. The van der Waals surface area contributed by atoms with E-state index >= 15 is 0 Å². The molecular weight excluding hydrogens is 455 g/mol. The number of aromatic nitrogens is 4. The van der Waals surface area contributed by atoms with Crippen LogP contribution >= 0.6 is 0 Å². The van der Waals surface area contributed by atoms with Gasteiger partial charge in [0.2, 0.25) is 0 Å². The molecule has 3 amide bonds. The van der Waals surface area contributed by atoms with Crippen molar-refractivity contribution in [3.63, 3.8) is 0 Å². The number of H-pyrrole nitrogens is 1. The summed E-state index contributed by atoms with van der Waals surface area (Å²) in [5.74, 6) is -0.670.